The number of nitrogens with one attached hydrogen (secondary N) is 1. The van der Waals surface area contributed by atoms with Gasteiger partial charge >= 0.3 is 0 Å². The minimum absolute atomic E-state index is 0.0463. The molecule has 0 aromatic heterocycles. The highest BCUT2D eigenvalue weighted by Crippen LogP contribution is 2.41. The summed E-state index contributed by atoms with van der Waals surface area (Å²) in [5.41, 5.74) is 2.78. The topological polar surface area (TPSA) is 58.6 Å². The molecule has 164 valence electrons. The second-order valence-corrected chi connectivity index (χ2v) is 7.91. The maximum absolute atomic E-state index is 13.8. The Morgan fingerprint density at radius 1 is 1.06 bits per heavy atom. The van der Waals surface area contributed by atoms with Gasteiger partial charge in [-0.3, -0.25) is 9.59 Å². The lowest BCUT2D eigenvalue weighted by Crippen LogP contribution is -2.47. The first-order chi connectivity index (χ1) is 15.5. The Balaban J connectivity index is 1.72. The molecule has 0 unspecified atom stereocenters. The van der Waals surface area contributed by atoms with E-state index in [1.807, 2.05) is 49.4 Å². The molecule has 3 aromatic carbocycles. The number of rotatable bonds is 5. The van der Waals surface area contributed by atoms with Crippen LogP contribution in [0, 0.1) is 18.7 Å². The van der Waals surface area contributed by atoms with Gasteiger partial charge in [0.15, 0.2) is 0 Å². The van der Waals surface area contributed by atoms with Gasteiger partial charge in [-0.15, -0.1) is 0 Å². The van der Waals surface area contributed by atoms with Crippen molar-refractivity contribution in [2.75, 3.05) is 17.3 Å². The Bertz CT molecular complexity index is 1120. The highest BCUT2D eigenvalue weighted by atomic mass is 19.1. The van der Waals surface area contributed by atoms with E-state index in [-0.39, 0.29) is 18.2 Å². The van der Waals surface area contributed by atoms with E-state index in [0.29, 0.717) is 23.5 Å². The van der Waals surface area contributed by atoms with E-state index in [0.717, 1.165) is 11.1 Å². The summed E-state index contributed by atoms with van der Waals surface area (Å²) in [6.45, 7) is 1.82. The van der Waals surface area contributed by atoms with Gasteiger partial charge in [0, 0.05) is 17.8 Å². The second-order valence-electron chi connectivity index (χ2n) is 7.91. The number of hydrogen-bond acceptors (Lipinski definition) is 3. The predicted molar refractivity (Wildman–Crippen MR) is 122 cm³/mol. The molecule has 1 N–H and O–H groups in total. The zero-order chi connectivity index (χ0) is 22.7. The highest BCUT2D eigenvalue weighted by molar-refractivity contribution is 6.00. The van der Waals surface area contributed by atoms with E-state index in [9.17, 15) is 14.0 Å². The van der Waals surface area contributed by atoms with Crippen LogP contribution in [-0.2, 0) is 9.59 Å². The quantitative estimate of drug-likeness (QED) is 0.598. The van der Waals surface area contributed by atoms with Crippen LogP contribution in [0.2, 0.25) is 0 Å². The summed E-state index contributed by atoms with van der Waals surface area (Å²) >= 11 is 0. The third kappa shape index (κ3) is 4.35. The molecule has 0 saturated carbocycles. The first-order valence-corrected chi connectivity index (χ1v) is 10.6. The molecule has 1 aliphatic rings. The van der Waals surface area contributed by atoms with E-state index in [1.54, 1.807) is 30.2 Å². The molecule has 1 heterocycles. The smallest absolute Gasteiger partial charge is 0.229 e. The fourth-order valence-corrected chi connectivity index (χ4v) is 4.20. The van der Waals surface area contributed by atoms with Crippen LogP contribution < -0.4 is 15.0 Å². The number of aryl methyl sites for hydroxylation is 1. The number of carbonyl (C=O) groups excluding carboxylic acids is 2. The normalized spacial score (nSPS) is 18.3. The molecule has 0 aliphatic carbocycles. The number of piperidine rings is 1. The number of hydrogen-bond donors (Lipinski definition) is 1. The number of amides is 2. The SMILES string of the molecule is COc1ccc(N2C(=O)CC[C@@H](C(=O)Nc3cc(F)ccc3C)[C@H]2c2ccccc2)cc1. The lowest BCUT2D eigenvalue weighted by atomic mass is 9.83. The molecule has 32 heavy (non-hydrogen) atoms. The van der Waals surface area contributed by atoms with Crippen LogP contribution in [0.5, 0.6) is 5.75 Å². The minimum Gasteiger partial charge on any atom is -0.497 e. The Morgan fingerprint density at radius 2 is 1.78 bits per heavy atom. The molecule has 2 atom stereocenters. The average Bonchev–Trinajstić information content (AvgIpc) is 2.82. The number of methoxy groups -OCH3 is 1. The van der Waals surface area contributed by atoms with Crippen LogP contribution in [0.3, 0.4) is 0 Å². The van der Waals surface area contributed by atoms with Crippen molar-refractivity contribution in [2.45, 2.75) is 25.8 Å². The summed E-state index contributed by atoms with van der Waals surface area (Å²) in [7, 11) is 1.59. The summed E-state index contributed by atoms with van der Waals surface area (Å²) in [5, 5.41) is 2.89. The second kappa shape index (κ2) is 9.22. The summed E-state index contributed by atoms with van der Waals surface area (Å²) in [6, 6.07) is 20.6. The fourth-order valence-electron chi connectivity index (χ4n) is 4.20. The van der Waals surface area contributed by atoms with Gasteiger partial charge in [-0.2, -0.15) is 0 Å². The van der Waals surface area contributed by atoms with Crippen molar-refractivity contribution in [3.05, 3.63) is 89.7 Å². The highest BCUT2D eigenvalue weighted by Gasteiger charge is 2.41. The number of halogens is 1. The number of ether oxygens (including phenoxy) is 1. The first-order valence-electron chi connectivity index (χ1n) is 10.6. The van der Waals surface area contributed by atoms with Crippen LogP contribution >= 0.6 is 0 Å². The van der Waals surface area contributed by atoms with Crippen molar-refractivity contribution in [1.82, 2.24) is 0 Å². The van der Waals surface area contributed by atoms with Crippen LogP contribution in [0.15, 0.2) is 72.8 Å². The maximum Gasteiger partial charge on any atom is 0.229 e. The summed E-state index contributed by atoms with van der Waals surface area (Å²) in [4.78, 5) is 28.2. The molecule has 6 heteroatoms. The number of anilines is 2. The Kier molecular flexibility index (Phi) is 6.21. The van der Waals surface area contributed by atoms with Gasteiger partial charge in [-0.05, 0) is 60.9 Å². The van der Waals surface area contributed by atoms with Gasteiger partial charge in [0.2, 0.25) is 11.8 Å². The zero-order valence-corrected chi connectivity index (χ0v) is 18.0. The molecular formula is C26H25FN2O3. The molecule has 0 radical (unpaired) electrons. The summed E-state index contributed by atoms with van der Waals surface area (Å²) < 4.78 is 19.0. The lowest BCUT2D eigenvalue weighted by molar-refractivity contribution is -0.125. The van der Waals surface area contributed by atoms with E-state index in [2.05, 4.69) is 5.32 Å². The van der Waals surface area contributed by atoms with Crippen LogP contribution in [0.25, 0.3) is 0 Å². The number of carbonyl (C=O) groups is 2. The van der Waals surface area contributed by atoms with Gasteiger partial charge in [-0.1, -0.05) is 36.4 Å². The fraction of sp³-hybridized carbons (Fsp3) is 0.231. The van der Waals surface area contributed by atoms with Gasteiger partial charge in [0.1, 0.15) is 11.6 Å². The van der Waals surface area contributed by atoms with Gasteiger partial charge in [0.05, 0.1) is 19.1 Å². The molecule has 5 nitrogen and oxygen atoms in total. The van der Waals surface area contributed by atoms with E-state index in [1.165, 1.54) is 12.1 Å². The molecule has 1 fully saturated rings. The largest absolute Gasteiger partial charge is 0.497 e. The number of nitrogens with zero attached hydrogens (tertiary/aromatic N) is 1. The van der Waals surface area contributed by atoms with Gasteiger partial charge in [-0.25, -0.2) is 4.39 Å². The molecule has 1 aliphatic heterocycles. The van der Waals surface area contributed by atoms with Crippen molar-refractivity contribution >= 4 is 23.2 Å². The van der Waals surface area contributed by atoms with E-state index in [4.69, 9.17) is 4.74 Å². The standard InChI is InChI=1S/C26H25FN2O3/c1-17-8-9-19(27)16-23(17)28-26(31)22-14-15-24(30)29(20-10-12-21(32-2)13-11-20)25(22)18-6-4-3-5-7-18/h3-13,16,22,25H,14-15H2,1-2H3,(H,28,31)/t22-,25-/m1/s1. The Morgan fingerprint density at radius 3 is 2.47 bits per heavy atom. The van der Waals surface area contributed by atoms with Crippen molar-refractivity contribution < 1.29 is 18.7 Å². The zero-order valence-electron chi connectivity index (χ0n) is 18.0. The van der Waals surface area contributed by atoms with Crippen molar-refractivity contribution in [3.8, 4) is 5.75 Å². The minimum atomic E-state index is -0.500. The van der Waals surface area contributed by atoms with Crippen molar-refractivity contribution in [3.63, 3.8) is 0 Å². The van der Waals surface area contributed by atoms with Crippen molar-refractivity contribution in [1.29, 1.82) is 0 Å². The van der Waals surface area contributed by atoms with Gasteiger partial charge in [0.25, 0.3) is 0 Å². The number of benzene rings is 3. The van der Waals surface area contributed by atoms with Crippen molar-refractivity contribution in [2.24, 2.45) is 5.92 Å². The third-order valence-electron chi connectivity index (χ3n) is 5.88. The Hall–Kier alpha value is -3.67. The van der Waals surface area contributed by atoms with Crippen LogP contribution in [0.1, 0.15) is 30.0 Å². The van der Waals surface area contributed by atoms with Crippen LogP contribution in [0.4, 0.5) is 15.8 Å². The molecule has 3 aromatic rings. The van der Waals surface area contributed by atoms with E-state index < -0.39 is 17.8 Å². The molecule has 0 bridgehead atoms. The average molecular weight is 432 g/mol. The molecule has 4 rings (SSSR count). The Labute approximate surface area is 186 Å². The lowest BCUT2D eigenvalue weighted by Gasteiger charge is -2.41. The maximum atomic E-state index is 13.8. The summed E-state index contributed by atoms with van der Waals surface area (Å²) in [5.74, 6) is -0.511. The molecular weight excluding hydrogens is 407 g/mol. The summed E-state index contributed by atoms with van der Waals surface area (Å²) in [6.07, 6.45) is 0.654. The first kappa shape index (κ1) is 21.6. The van der Waals surface area contributed by atoms with Crippen LogP contribution in [-0.4, -0.2) is 18.9 Å². The molecule has 1 saturated heterocycles. The van der Waals surface area contributed by atoms with Gasteiger partial charge < -0.3 is 15.0 Å². The molecule has 0 spiro atoms. The third-order valence-corrected chi connectivity index (χ3v) is 5.88. The predicted octanol–water partition coefficient (Wildman–Crippen LogP) is 5.27. The monoisotopic (exact) mass is 432 g/mol. The molecule has 2 amide bonds. The van der Waals surface area contributed by atoms with E-state index >= 15 is 0 Å².